The molecule has 40 heavy (non-hydrogen) atoms. The Balaban J connectivity index is 1.36. The van der Waals surface area contributed by atoms with E-state index in [1.54, 1.807) is 12.1 Å². The number of benzene rings is 3. The normalized spacial score (nSPS) is 17.8. The molecule has 3 aromatic rings. The van der Waals surface area contributed by atoms with E-state index in [0.29, 0.717) is 18.0 Å². The number of hydrogen-bond acceptors (Lipinski definition) is 6. The number of hydrogen-bond donors (Lipinski definition) is 2. The minimum absolute atomic E-state index is 0.130. The van der Waals surface area contributed by atoms with Gasteiger partial charge in [0, 0.05) is 37.9 Å². The highest BCUT2D eigenvalue weighted by atomic mass is 32.2. The lowest BCUT2D eigenvalue weighted by atomic mass is 9.88. The predicted molar refractivity (Wildman–Crippen MR) is 158 cm³/mol. The highest BCUT2D eigenvalue weighted by molar-refractivity contribution is 7.89. The number of piperazine rings is 1. The summed E-state index contributed by atoms with van der Waals surface area (Å²) >= 11 is 0. The third kappa shape index (κ3) is 6.90. The summed E-state index contributed by atoms with van der Waals surface area (Å²) in [5.74, 6) is -0.335. The van der Waals surface area contributed by atoms with Crippen molar-refractivity contribution in [3.8, 4) is 0 Å². The van der Waals surface area contributed by atoms with Crippen LogP contribution in [0.25, 0.3) is 0 Å². The lowest BCUT2D eigenvalue weighted by Gasteiger charge is -2.36. The van der Waals surface area contributed by atoms with Gasteiger partial charge in [-0.05, 0) is 60.7 Å². The molecule has 1 unspecified atom stereocenters. The quantitative estimate of drug-likeness (QED) is 0.382. The standard InChI is InChI=1S/C31H38N4O4S/c1-2-34-17-19-35(20-18-34)29-16-15-26(32-31(36)23-39-22-24-9-4-3-5-10-24)21-30(29)40(37,38)33-28-14-8-12-25-11-6-7-13-27(25)28/h3-7,9-11,13,15-16,21,28,33H,2,8,12,14,17-20,22-23H2,1H3,(H,32,36). The summed E-state index contributed by atoms with van der Waals surface area (Å²) in [6.07, 6.45) is 2.63. The molecule has 0 bridgehead atoms. The Labute approximate surface area is 237 Å². The largest absolute Gasteiger partial charge is 0.368 e. The van der Waals surface area contributed by atoms with Crippen molar-refractivity contribution >= 4 is 27.3 Å². The molecule has 1 saturated heterocycles. The molecule has 2 N–H and O–H groups in total. The lowest BCUT2D eigenvalue weighted by Crippen LogP contribution is -2.46. The summed E-state index contributed by atoms with van der Waals surface area (Å²) in [6, 6.07) is 22.6. The second kappa shape index (κ2) is 13.0. The monoisotopic (exact) mass is 562 g/mol. The molecule has 9 heteroatoms. The molecular weight excluding hydrogens is 524 g/mol. The zero-order valence-electron chi connectivity index (χ0n) is 23.0. The van der Waals surface area contributed by atoms with E-state index in [1.165, 1.54) is 5.56 Å². The Hall–Kier alpha value is -3.24. The van der Waals surface area contributed by atoms with Crippen LogP contribution in [0.5, 0.6) is 0 Å². The number of nitrogens with zero attached hydrogens (tertiary/aromatic N) is 2. The van der Waals surface area contributed by atoms with Crippen LogP contribution in [0.1, 0.15) is 42.5 Å². The van der Waals surface area contributed by atoms with E-state index < -0.39 is 10.0 Å². The van der Waals surface area contributed by atoms with Gasteiger partial charge in [0.15, 0.2) is 0 Å². The fourth-order valence-corrected chi connectivity index (χ4v) is 7.03. The minimum Gasteiger partial charge on any atom is -0.368 e. The van der Waals surface area contributed by atoms with Gasteiger partial charge in [-0.1, -0.05) is 61.5 Å². The maximum absolute atomic E-state index is 14.0. The first-order valence-electron chi connectivity index (χ1n) is 14.1. The van der Waals surface area contributed by atoms with Crippen molar-refractivity contribution < 1.29 is 17.9 Å². The average molecular weight is 563 g/mol. The Morgan fingerprint density at radius 3 is 2.50 bits per heavy atom. The number of likely N-dealkylation sites (N-methyl/N-ethyl adjacent to an activating group) is 1. The van der Waals surface area contributed by atoms with Gasteiger partial charge < -0.3 is 19.9 Å². The number of ether oxygens (including phenoxy) is 1. The number of nitrogens with one attached hydrogen (secondary N) is 2. The molecule has 5 rings (SSSR count). The molecule has 212 valence electrons. The van der Waals surface area contributed by atoms with Crippen LogP contribution in [0, 0.1) is 0 Å². The third-order valence-electron chi connectivity index (χ3n) is 7.70. The van der Waals surface area contributed by atoms with E-state index in [9.17, 15) is 13.2 Å². The third-order valence-corrected chi connectivity index (χ3v) is 9.21. The van der Waals surface area contributed by atoms with Gasteiger partial charge in [0.05, 0.1) is 12.3 Å². The van der Waals surface area contributed by atoms with Gasteiger partial charge in [0.1, 0.15) is 11.5 Å². The topological polar surface area (TPSA) is 91.0 Å². The van der Waals surface area contributed by atoms with Crippen LogP contribution in [-0.2, 0) is 32.6 Å². The van der Waals surface area contributed by atoms with E-state index in [2.05, 4.69) is 32.8 Å². The van der Waals surface area contributed by atoms with Gasteiger partial charge in [-0.3, -0.25) is 4.79 Å². The first-order chi connectivity index (χ1) is 19.4. The van der Waals surface area contributed by atoms with Crippen LogP contribution >= 0.6 is 0 Å². The highest BCUT2D eigenvalue weighted by Gasteiger charge is 2.30. The second-order valence-corrected chi connectivity index (χ2v) is 12.1. The molecule has 8 nitrogen and oxygen atoms in total. The van der Waals surface area contributed by atoms with Gasteiger partial charge >= 0.3 is 0 Å². The molecule has 1 heterocycles. The van der Waals surface area contributed by atoms with Gasteiger partial charge in [-0.15, -0.1) is 0 Å². The van der Waals surface area contributed by atoms with E-state index in [4.69, 9.17) is 4.74 Å². The van der Waals surface area contributed by atoms with E-state index >= 15 is 0 Å². The average Bonchev–Trinajstić information content (AvgIpc) is 2.98. The van der Waals surface area contributed by atoms with Crippen LogP contribution in [0.15, 0.2) is 77.7 Å². The van der Waals surface area contributed by atoms with Crippen molar-refractivity contribution in [2.24, 2.45) is 0 Å². The van der Waals surface area contributed by atoms with Gasteiger partial charge in [-0.25, -0.2) is 13.1 Å². The number of fused-ring (bicyclic) bond motifs is 1. The first kappa shape index (κ1) is 28.3. The fraction of sp³-hybridized carbons (Fsp3) is 0.387. The molecule has 2 aliphatic rings. The molecule has 0 radical (unpaired) electrons. The molecule has 1 amide bonds. The van der Waals surface area contributed by atoms with E-state index in [1.807, 2.05) is 54.6 Å². The number of rotatable bonds is 10. The summed E-state index contributed by atoms with van der Waals surface area (Å²) in [4.78, 5) is 17.3. The Morgan fingerprint density at radius 2 is 1.73 bits per heavy atom. The lowest BCUT2D eigenvalue weighted by molar-refractivity contribution is -0.121. The number of carbonyl (C=O) groups excluding carboxylic acids is 1. The SMILES string of the molecule is CCN1CCN(c2ccc(NC(=O)COCc3ccccc3)cc2S(=O)(=O)NC2CCCc3ccccc32)CC1. The van der Waals surface area contributed by atoms with Crippen molar-refractivity contribution in [1.29, 1.82) is 0 Å². The summed E-state index contributed by atoms with van der Waals surface area (Å²) in [5.41, 5.74) is 4.29. The van der Waals surface area contributed by atoms with Crippen molar-refractivity contribution in [3.05, 3.63) is 89.5 Å². The Morgan fingerprint density at radius 1 is 0.975 bits per heavy atom. The number of sulfonamides is 1. The van der Waals surface area contributed by atoms with E-state index in [-0.39, 0.29) is 23.5 Å². The zero-order chi connectivity index (χ0) is 28.0. The van der Waals surface area contributed by atoms with Crippen molar-refractivity contribution in [2.75, 3.05) is 49.5 Å². The molecular formula is C31H38N4O4S. The van der Waals surface area contributed by atoms with Crippen LogP contribution < -0.4 is 14.9 Å². The smallest absolute Gasteiger partial charge is 0.250 e. The van der Waals surface area contributed by atoms with Gasteiger partial charge in [-0.2, -0.15) is 0 Å². The summed E-state index contributed by atoms with van der Waals surface area (Å²) in [7, 11) is -3.90. The van der Waals surface area contributed by atoms with E-state index in [0.717, 1.165) is 63.1 Å². The Kier molecular flexibility index (Phi) is 9.16. The molecule has 0 spiro atoms. The number of anilines is 2. The van der Waals surface area contributed by atoms with Crippen molar-refractivity contribution in [1.82, 2.24) is 9.62 Å². The zero-order valence-corrected chi connectivity index (χ0v) is 23.8. The molecule has 1 fully saturated rings. The second-order valence-electron chi connectivity index (χ2n) is 10.4. The predicted octanol–water partition coefficient (Wildman–Crippen LogP) is 4.34. The van der Waals surface area contributed by atoms with Gasteiger partial charge in [0.2, 0.25) is 15.9 Å². The number of carbonyl (C=O) groups is 1. The van der Waals surface area contributed by atoms with Gasteiger partial charge in [0.25, 0.3) is 0 Å². The van der Waals surface area contributed by atoms with Crippen molar-refractivity contribution in [3.63, 3.8) is 0 Å². The molecule has 1 aliphatic carbocycles. The maximum Gasteiger partial charge on any atom is 0.250 e. The molecule has 0 aromatic heterocycles. The van der Waals surface area contributed by atoms with Crippen molar-refractivity contribution in [2.45, 2.75) is 43.7 Å². The summed E-state index contributed by atoms with van der Waals surface area (Å²) < 4.78 is 36.5. The Bertz CT molecular complexity index is 1410. The number of amides is 1. The van der Waals surface area contributed by atoms with Crippen LogP contribution in [0.4, 0.5) is 11.4 Å². The summed E-state index contributed by atoms with van der Waals surface area (Å²) in [6.45, 7) is 6.52. The molecule has 1 atom stereocenters. The summed E-state index contributed by atoms with van der Waals surface area (Å²) in [5, 5.41) is 2.82. The van der Waals surface area contributed by atoms with Crippen LogP contribution in [0.3, 0.4) is 0 Å². The molecule has 1 aliphatic heterocycles. The first-order valence-corrected chi connectivity index (χ1v) is 15.5. The minimum atomic E-state index is -3.90. The maximum atomic E-state index is 14.0. The molecule has 3 aromatic carbocycles. The highest BCUT2D eigenvalue weighted by Crippen LogP contribution is 2.34. The molecule has 0 saturated carbocycles. The van der Waals surface area contributed by atoms with Crippen LogP contribution in [0.2, 0.25) is 0 Å². The van der Waals surface area contributed by atoms with Crippen LogP contribution in [-0.4, -0.2) is 58.6 Å². The fourth-order valence-electron chi connectivity index (χ4n) is 5.53. The number of aryl methyl sites for hydroxylation is 1.